The maximum atomic E-state index is 11.2. The topological polar surface area (TPSA) is 43.4 Å². The fraction of sp³-hybridized carbons (Fsp3) is 0.273. The van der Waals surface area contributed by atoms with Gasteiger partial charge in [-0.3, -0.25) is 9.59 Å². The molecule has 0 atom stereocenters. The zero-order valence-electron chi connectivity index (χ0n) is 8.46. The predicted molar refractivity (Wildman–Crippen MR) is 53.0 cm³/mol. The summed E-state index contributed by atoms with van der Waals surface area (Å²) in [6.07, 6.45) is 0. The molecule has 0 radical (unpaired) electrons. The Morgan fingerprint density at radius 3 is 2.07 bits per heavy atom. The van der Waals surface area contributed by atoms with Crippen LogP contribution in [0.15, 0.2) is 18.2 Å². The zero-order valence-corrected chi connectivity index (χ0v) is 8.46. The molecule has 0 saturated carbocycles. The molecule has 14 heavy (non-hydrogen) atoms. The van der Waals surface area contributed by atoms with Crippen LogP contribution < -0.4 is 4.74 Å². The van der Waals surface area contributed by atoms with Gasteiger partial charge in [0.25, 0.3) is 0 Å². The van der Waals surface area contributed by atoms with Gasteiger partial charge in [0.1, 0.15) is 5.75 Å². The fourth-order valence-corrected chi connectivity index (χ4v) is 1.25. The van der Waals surface area contributed by atoms with E-state index in [1.165, 1.54) is 21.0 Å². The maximum Gasteiger partial charge on any atom is 0.160 e. The third kappa shape index (κ3) is 1.99. The molecule has 0 N–H and O–H groups in total. The maximum absolute atomic E-state index is 11.2. The lowest BCUT2D eigenvalue weighted by Crippen LogP contribution is -2.04. The van der Waals surface area contributed by atoms with Gasteiger partial charge < -0.3 is 4.74 Å². The van der Waals surface area contributed by atoms with Crippen LogP contribution in [0.2, 0.25) is 0 Å². The highest BCUT2D eigenvalue weighted by molar-refractivity contribution is 6.07. The molecule has 1 aromatic carbocycles. The number of rotatable bonds is 3. The smallest absolute Gasteiger partial charge is 0.160 e. The Bertz CT molecular complexity index is 380. The normalized spacial score (nSPS) is 9.64. The van der Waals surface area contributed by atoms with Crippen molar-refractivity contribution >= 4 is 11.6 Å². The summed E-state index contributed by atoms with van der Waals surface area (Å²) in [7, 11) is 1.52. The van der Waals surface area contributed by atoms with Crippen LogP contribution in [-0.2, 0) is 0 Å². The second kappa shape index (κ2) is 4.05. The van der Waals surface area contributed by atoms with Crippen LogP contribution >= 0.6 is 0 Å². The van der Waals surface area contributed by atoms with Crippen molar-refractivity contribution in [1.29, 1.82) is 0 Å². The Labute approximate surface area is 82.7 Å². The molecule has 0 fully saturated rings. The van der Waals surface area contributed by atoms with Gasteiger partial charge >= 0.3 is 0 Å². The van der Waals surface area contributed by atoms with E-state index in [1.54, 1.807) is 18.2 Å². The molecule has 3 nitrogen and oxygen atoms in total. The van der Waals surface area contributed by atoms with E-state index in [2.05, 4.69) is 0 Å². The summed E-state index contributed by atoms with van der Waals surface area (Å²) in [5.41, 5.74) is 0.857. The van der Waals surface area contributed by atoms with Gasteiger partial charge in [-0.1, -0.05) is 0 Å². The lowest BCUT2D eigenvalue weighted by Gasteiger charge is -2.05. The number of Topliss-reactive ketones (excluding diaryl/α,β-unsaturated/α-hetero) is 2. The van der Waals surface area contributed by atoms with Crippen molar-refractivity contribution in [3.05, 3.63) is 29.3 Å². The minimum absolute atomic E-state index is 0.113. The van der Waals surface area contributed by atoms with Crippen molar-refractivity contribution in [3.8, 4) is 5.75 Å². The van der Waals surface area contributed by atoms with Gasteiger partial charge in [0.2, 0.25) is 0 Å². The average Bonchev–Trinajstić information content (AvgIpc) is 2.16. The van der Waals surface area contributed by atoms with Crippen molar-refractivity contribution in [3.63, 3.8) is 0 Å². The minimum atomic E-state index is -0.130. The van der Waals surface area contributed by atoms with E-state index in [-0.39, 0.29) is 11.6 Å². The van der Waals surface area contributed by atoms with Crippen molar-refractivity contribution in [2.45, 2.75) is 13.8 Å². The molecule has 0 aliphatic rings. The highest BCUT2D eigenvalue weighted by Gasteiger charge is 2.11. The van der Waals surface area contributed by atoms with E-state index in [1.807, 2.05) is 0 Å². The number of hydrogen-bond donors (Lipinski definition) is 0. The second-order valence-corrected chi connectivity index (χ2v) is 3.02. The van der Waals surface area contributed by atoms with E-state index in [4.69, 9.17) is 4.74 Å². The van der Waals surface area contributed by atoms with Crippen LogP contribution in [0.1, 0.15) is 34.6 Å². The molecule has 0 bridgehead atoms. The Morgan fingerprint density at radius 2 is 1.64 bits per heavy atom. The first-order chi connectivity index (χ1) is 6.56. The van der Waals surface area contributed by atoms with Crippen LogP contribution in [0.5, 0.6) is 5.75 Å². The first-order valence-electron chi connectivity index (χ1n) is 4.26. The summed E-state index contributed by atoms with van der Waals surface area (Å²) >= 11 is 0. The van der Waals surface area contributed by atoms with Crippen molar-refractivity contribution in [2.24, 2.45) is 0 Å². The quantitative estimate of drug-likeness (QED) is 0.689. The first kappa shape index (κ1) is 10.4. The molecule has 0 aliphatic heterocycles. The number of carbonyl (C=O) groups excluding carboxylic acids is 2. The van der Waals surface area contributed by atoms with Crippen LogP contribution in [-0.4, -0.2) is 18.7 Å². The molecule has 0 saturated heterocycles. The summed E-state index contributed by atoms with van der Waals surface area (Å²) < 4.78 is 4.98. The third-order valence-electron chi connectivity index (χ3n) is 1.99. The van der Waals surface area contributed by atoms with Gasteiger partial charge in [-0.25, -0.2) is 0 Å². The third-order valence-corrected chi connectivity index (χ3v) is 1.99. The van der Waals surface area contributed by atoms with Gasteiger partial charge in [-0.15, -0.1) is 0 Å². The number of benzene rings is 1. The highest BCUT2D eigenvalue weighted by Crippen LogP contribution is 2.18. The van der Waals surface area contributed by atoms with Crippen molar-refractivity contribution < 1.29 is 14.3 Å². The summed E-state index contributed by atoms with van der Waals surface area (Å²) in [5, 5.41) is 0. The van der Waals surface area contributed by atoms with Crippen LogP contribution in [0.25, 0.3) is 0 Å². The SMILES string of the molecule is COc1ccc(C(C)=O)c(C(C)=O)c1. The van der Waals surface area contributed by atoms with Crippen LogP contribution in [0.4, 0.5) is 0 Å². The first-order valence-corrected chi connectivity index (χ1v) is 4.26. The lowest BCUT2D eigenvalue weighted by molar-refractivity contribution is 0.0980. The van der Waals surface area contributed by atoms with Gasteiger partial charge in [0, 0.05) is 11.1 Å². The number of ketones is 2. The Morgan fingerprint density at radius 1 is 1.07 bits per heavy atom. The summed E-state index contributed by atoms with van der Waals surface area (Å²) in [6.45, 7) is 2.87. The molecular weight excluding hydrogens is 180 g/mol. The molecule has 0 amide bonds. The summed E-state index contributed by atoms with van der Waals surface area (Å²) in [5.74, 6) is 0.340. The minimum Gasteiger partial charge on any atom is -0.497 e. The monoisotopic (exact) mass is 192 g/mol. The van der Waals surface area contributed by atoms with E-state index < -0.39 is 0 Å². The van der Waals surface area contributed by atoms with E-state index >= 15 is 0 Å². The number of methoxy groups -OCH3 is 1. The highest BCUT2D eigenvalue weighted by atomic mass is 16.5. The lowest BCUT2D eigenvalue weighted by atomic mass is 10.0. The van der Waals surface area contributed by atoms with E-state index in [9.17, 15) is 9.59 Å². The molecular formula is C11H12O3. The number of carbonyl (C=O) groups is 2. The van der Waals surface area contributed by atoms with Crippen LogP contribution in [0, 0.1) is 0 Å². The molecule has 0 unspecified atom stereocenters. The molecule has 1 aromatic rings. The van der Waals surface area contributed by atoms with E-state index in [0.29, 0.717) is 16.9 Å². The Hall–Kier alpha value is -1.64. The van der Waals surface area contributed by atoms with Gasteiger partial charge in [0.15, 0.2) is 11.6 Å². The summed E-state index contributed by atoms with van der Waals surface area (Å²) in [4.78, 5) is 22.4. The molecule has 0 aromatic heterocycles. The molecule has 0 spiro atoms. The van der Waals surface area contributed by atoms with Gasteiger partial charge in [-0.2, -0.15) is 0 Å². The van der Waals surface area contributed by atoms with Gasteiger partial charge in [-0.05, 0) is 32.0 Å². The fourth-order valence-electron chi connectivity index (χ4n) is 1.25. The molecule has 3 heteroatoms. The van der Waals surface area contributed by atoms with Crippen molar-refractivity contribution in [1.82, 2.24) is 0 Å². The number of hydrogen-bond acceptors (Lipinski definition) is 3. The summed E-state index contributed by atoms with van der Waals surface area (Å²) in [6, 6.07) is 4.86. The second-order valence-electron chi connectivity index (χ2n) is 3.02. The standard InChI is InChI=1S/C11H12O3/c1-7(12)10-5-4-9(14-3)6-11(10)8(2)13/h4-6H,1-3H3. The molecule has 1 rings (SSSR count). The van der Waals surface area contributed by atoms with Crippen LogP contribution in [0.3, 0.4) is 0 Å². The largest absolute Gasteiger partial charge is 0.497 e. The Kier molecular flexibility index (Phi) is 3.02. The zero-order chi connectivity index (χ0) is 10.7. The molecule has 74 valence electrons. The van der Waals surface area contributed by atoms with Gasteiger partial charge in [0.05, 0.1) is 7.11 Å². The van der Waals surface area contributed by atoms with Crippen molar-refractivity contribution in [2.75, 3.05) is 7.11 Å². The molecule has 0 aliphatic carbocycles. The number of ether oxygens (including phenoxy) is 1. The van der Waals surface area contributed by atoms with E-state index in [0.717, 1.165) is 0 Å². The Balaban J connectivity index is 3.31. The predicted octanol–water partition coefficient (Wildman–Crippen LogP) is 2.10. The average molecular weight is 192 g/mol. The molecule has 0 heterocycles.